The summed E-state index contributed by atoms with van der Waals surface area (Å²) in [6.07, 6.45) is 1.80. The summed E-state index contributed by atoms with van der Waals surface area (Å²) < 4.78 is 2.01. The fourth-order valence-electron chi connectivity index (χ4n) is 2.05. The van der Waals surface area contributed by atoms with Crippen molar-refractivity contribution in [1.29, 1.82) is 0 Å². The summed E-state index contributed by atoms with van der Waals surface area (Å²) in [4.78, 5) is 15.9. The standard InChI is InChI=1S/C15H11BrN2O/c16-9-15(19)11-5-7-12(8-6-11)18-10-17-13-3-1-2-4-14(13)18/h1-8,10H,9H2. The van der Waals surface area contributed by atoms with Crippen LogP contribution in [-0.4, -0.2) is 20.7 Å². The van der Waals surface area contributed by atoms with Gasteiger partial charge in [0.15, 0.2) is 5.78 Å². The zero-order valence-corrected chi connectivity index (χ0v) is 11.7. The molecule has 0 atom stereocenters. The van der Waals surface area contributed by atoms with E-state index >= 15 is 0 Å². The number of carbonyl (C=O) groups is 1. The molecule has 4 heteroatoms. The Kier molecular flexibility index (Phi) is 3.17. The highest BCUT2D eigenvalue weighted by atomic mass is 79.9. The van der Waals surface area contributed by atoms with Crippen LogP contribution >= 0.6 is 15.9 Å². The summed E-state index contributed by atoms with van der Waals surface area (Å²) in [5.74, 6) is 0.0852. The predicted octanol–water partition coefficient (Wildman–Crippen LogP) is 3.60. The maximum Gasteiger partial charge on any atom is 0.173 e. The molecule has 0 unspecified atom stereocenters. The molecule has 3 rings (SSSR count). The molecule has 2 aromatic carbocycles. The number of fused-ring (bicyclic) bond motifs is 1. The fourth-order valence-corrected chi connectivity index (χ4v) is 2.37. The number of hydrogen-bond donors (Lipinski definition) is 0. The number of ketones is 1. The highest BCUT2D eigenvalue weighted by Gasteiger charge is 2.06. The Bertz CT molecular complexity index is 731. The first kappa shape index (κ1) is 12.1. The van der Waals surface area contributed by atoms with Gasteiger partial charge >= 0.3 is 0 Å². The minimum Gasteiger partial charge on any atom is -0.299 e. The van der Waals surface area contributed by atoms with Crippen LogP contribution in [0.15, 0.2) is 54.9 Å². The van der Waals surface area contributed by atoms with Crippen molar-refractivity contribution in [3.05, 3.63) is 60.4 Å². The molecule has 3 aromatic rings. The van der Waals surface area contributed by atoms with E-state index in [9.17, 15) is 4.79 Å². The van der Waals surface area contributed by atoms with Gasteiger partial charge in [-0.05, 0) is 36.4 Å². The van der Waals surface area contributed by atoms with E-state index < -0.39 is 0 Å². The first-order valence-corrected chi connectivity index (χ1v) is 7.03. The van der Waals surface area contributed by atoms with Crippen LogP contribution in [0.5, 0.6) is 0 Å². The van der Waals surface area contributed by atoms with E-state index in [0.29, 0.717) is 10.9 Å². The van der Waals surface area contributed by atoms with Crippen LogP contribution in [-0.2, 0) is 0 Å². The van der Waals surface area contributed by atoms with Crippen LogP contribution in [0.3, 0.4) is 0 Å². The van der Waals surface area contributed by atoms with E-state index in [1.807, 2.05) is 53.1 Å². The molecule has 1 aromatic heterocycles. The number of aromatic nitrogens is 2. The van der Waals surface area contributed by atoms with Crippen LogP contribution in [0.2, 0.25) is 0 Å². The molecule has 0 bridgehead atoms. The average Bonchev–Trinajstić information content (AvgIpc) is 2.90. The van der Waals surface area contributed by atoms with Gasteiger partial charge in [-0.1, -0.05) is 28.1 Å². The van der Waals surface area contributed by atoms with Gasteiger partial charge in [-0.2, -0.15) is 0 Å². The third-order valence-corrected chi connectivity index (χ3v) is 3.55. The second kappa shape index (κ2) is 4.97. The first-order valence-electron chi connectivity index (χ1n) is 5.91. The van der Waals surface area contributed by atoms with Crippen molar-refractivity contribution in [2.75, 3.05) is 5.33 Å². The molecule has 0 spiro atoms. The van der Waals surface area contributed by atoms with E-state index in [1.54, 1.807) is 6.33 Å². The molecule has 0 fully saturated rings. The lowest BCUT2D eigenvalue weighted by Crippen LogP contribution is -2.00. The minimum atomic E-state index is 0.0852. The van der Waals surface area contributed by atoms with E-state index in [2.05, 4.69) is 20.9 Å². The second-order valence-electron chi connectivity index (χ2n) is 4.21. The van der Waals surface area contributed by atoms with Crippen LogP contribution < -0.4 is 0 Å². The number of hydrogen-bond acceptors (Lipinski definition) is 2. The van der Waals surface area contributed by atoms with Crippen LogP contribution in [0.4, 0.5) is 0 Å². The van der Waals surface area contributed by atoms with Crippen LogP contribution in [0.25, 0.3) is 16.7 Å². The maximum atomic E-state index is 11.6. The number of nitrogens with zero attached hydrogens (tertiary/aromatic N) is 2. The molecule has 19 heavy (non-hydrogen) atoms. The molecule has 1 heterocycles. The normalized spacial score (nSPS) is 10.8. The van der Waals surface area contributed by atoms with Gasteiger partial charge in [0.1, 0.15) is 6.33 Å². The van der Waals surface area contributed by atoms with Crippen molar-refractivity contribution in [2.24, 2.45) is 0 Å². The number of carbonyl (C=O) groups excluding carboxylic acids is 1. The Morgan fingerprint density at radius 2 is 1.84 bits per heavy atom. The number of rotatable bonds is 3. The molecule has 0 N–H and O–H groups in total. The summed E-state index contributed by atoms with van der Waals surface area (Å²) >= 11 is 3.18. The number of halogens is 1. The van der Waals surface area contributed by atoms with E-state index in [0.717, 1.165) is 16.7 Å². The van der Waals surface area contributed by atoms with Gasteiger partial charge in [-0.3, -0.25) is 9.36 Å². The molecular formula is C15H11BrN2O. The van der Waals surface area contributed by atoms with E-state index in [4.69, 9.17) is 0 Å². The zero-order chi connectivity index (χ0) is 13.2. The lowest BCUT2D eigenvalue weighted by Gasteiger charge is -2.05. The minimum absolute atomic E-state index is 0.0852. The van der Waals surface area contributed by atoms with Gasteiger partial charge in [0.25, 0.3) is 0 Å². The average molecular weight is 315 g/mol. The number of imidazole rings is 1. The van der Waals surface area contributed by atoms with Gasteiger partial charge in [0.05, 0.1) is 16.4 Å². The van der Waals surface area contributed by atoms with Crippen molar-refractivity contribution in [2.45, 2.75) is 0 Å². The van der Waals surface area contributed by atoms with Crippen molar-refractivity contribution >= 4 is 32.7 Å². The highest BCUT2D eigenvalue weighted by molar-refractivity contribution is 9.09. The molecule has 0 saturated carbocycles. The molecule has 0 radical (unpaired) electrons. The molecule has 0 aliphatic rings. The number of benzene rings is 2. The van der Waals surface area contributed by atoms with Gasteiger partial charge in [-0.25, -0.2) is 4.98 Å². The number of para-hydroxylation sites is 2. The summed E-state index contributed by atoms with van der Waals surface area (Å²) in [6, 6.07) is 15.5. The third kappa shape index (κ3) is 2.19. The second-order valence-corrected chi connectivity index (χ2v) is 4.77. The highest BCUT2D eigenvalue weighted by Crippen LogP contribution is 2.18. The Morgan fingerprint density at radius 1 is 1.11 bits per heavy atom. The SMILES string of the molecule is O=C(CBr)c1ccc(-n2cnc3ccccc32)cc1. The van der Waals surface area contributed by atoms with Crippen LogP contribution in [0, 0.1) is 0 Å². The zero-order valence-electron chi connectivity index (χ0n) is 10.1. The lowest BCUT2D eigenvalue weighted by atomic mass is 10.1. The fraction of sp³-hybridized carbons (Fsp3) is 0.0667. The predicted molar refractivity (Wildman–Crippen MR) is 79.2 cm³/mol. The van der Waals surface area contributed by atoms with Crippen molar-refractivity contribution in [3.63, 3.8) is 0 Å². The molecule has 94 valence electrons. The Morgan fingerprint density at radius 3 is 2.58 bits per heavy atom. The smallest absolute Gasteiger partial charge is 0.173 e. The van der Waals surface area contributed by atoms with E-state index in [1.165, 1.54) is 0 Å². The largest absolute Gasteiger partial charge is 0.299 e. The van der Waals surface area contributed by atoms with Crippen molar-refractivity contribution < 1.29 is 4.79 Å². The summed E-state index contributed by atoms with van der Waals surface area (Å²) in [7, 11) is 0. The van der Waals surface area contributed by atoms with E-state index in [-0.39, 0.29) is 5.78 Å². The summed E-state index contributed by atoms with van der Waals surface area (Å²) in [5.41, 5.74) is 3.73. The van der Waals surface area contributed by atoms with Gasteiger partial charge < -0.3 is 0 Å². The van der Waals surface area contributed by atoms with Gasteiger partial charge in [-0.15, -0.1) is 0 Å². The van der Waals surface area contributed by atoms with Crippen molar-refractivity contribution in [1.82, 2.24) is 9.55 Å². The van der Waals surface area contributed by atoms with Crippen LogP contribution in [0.1, 0.15) is 10.4 Å². The molecular weight excluding hydrogens is 304 g/mol. The lowest BCUT2D eigenvalue weighted by molar-refractivity contribution is 0.102. The summed E-state index contributed by atoms with van der Waals surface area (Å²) in [5, 5.41) is 0.348. The topological polar surface area (TPSA) is 34.9 Å². The quantitative estimate of drug-likeness (QED) is 0.547. The number of Topliss-reactive ketones (excluding diaryl/α,β-unsaturated/α-hetero) is 1. The Hall–Kier alpha value is -1.94. The monoisotopic (exact) mass is 314 g/mol. The Balaban J connectivity index is 2.05. The molecule has 0 aliphatic carbocycles. The third-order valence-electron chi connectivity index (χ3n) is 3.04. The first-order chi connectivity index (χ1) is 9.29. The van der Waals surface area contributed by atoms with Gasteiger partial charge in [0, 0.05) is 11.3 Å². The number of alkyl halides is 1. The molecule has 0 amide bonds. The van der Waals surface area contributed by atoms with Gasteiger partial charge in [0.2, 0.25) is 0 Å². The van der Waals surface area contributed by atoms with Crippen molar-refractivity contribution in [3.8, 4) is 5.69 Å². The summed E-state index contributed by atoms with van der Waals surface area (Å²) in [6.45, 7) is 0. The molecule has 3 nitrogen and oxygen atoms in total. The maximum absolute atomic E-state index is 11.6. The Labute approximate surface area is 119 Å². The molecule has 0 aliphatic heterocycles. The molecule has 0 saturated heterocycles.